The van der Waals surface area contributed by atoms with Gasteiger partial charge in [0.25, 0.3) is 0 Å². The van der Waals surface area contributed by atoms with Crippen LogP contribution in [0.2, 0.25) is 0 Å². The number of hydrogen-bond donors (Lipinski definition) is 3. The van der Waals surface area contributed by atoms with Crippen molar-refractivity contribution in [3.05, 3.63) is 41.6 Å². The number of benzene rings is 1. The predicted octanol–water partition coefficient (Wildman–Crippen LogP) is 1.93. The van der Waals surface area contributed by atoms with Crippen LogP contribution in [-0.2, 0) is 4.74 Å². The van der Waals surface area contributed by atoms with E-state index in [1.807, 2.05) is 29.8 Å². The van der Waals surface area contributed by atoms with Crippen LogP contribution < -0.4 is 11.1 Å². The number of methoxy groups -OCH3 is 1. The molecule has 0 bridgehead atoms. The highest BCUT2D eigenvalue weighted by Crippen LogP contribution is 2.28. The van der Waals surface area contributed by atoms with Gasteiger partial charge in [-0.15, -0.1) is 0 Å². The minimum atomic E-state index is 0.178. The lowest BCUT2D eigenvalue weighted by Gasteiger charge is -2.11. The van der Waals surface area contributed by atoms with Gasteiger partial charge in [0.05, 0.1) is 22.5 Å². The third-order valence-electron chi connectivity index (χ3n) is 5.66. The lowest BCUT2D eigenvalue weighted by Crippen LogP contribution is -2.22. The average Bonchev–Trinajstić information content (AvgIpc) is 3.46. The van der Waals surface area contributed by atoms with Gasteiger partial charge in [0.1, 0.15) is 23.7 Å². The SMILES string of the molecule is COCC[C@H]1CC(n2nc(C#Cc3ccc4[nH]c(C)nc4c3)c3c(N)ncnc32)CN1. The van der Waals surface area contributed by atoms with Crippen LogP contribution in [0.15, 0.2) is 24.5 Å². The quantitative estimate of drug-likeness (QED) is 0.435. The molecule has 1 saturated heterocycles. The van der Waals surface area contributed by atoms with Gasteiger partial charge in [-0.1, -0.05) is 5.92 Å². The van der Waals surface area contributed by atoms with Crippen molar-refractivity contribution < 1.29 is 4.74 Å². The van der Waals surface area contributed by atoms with Gasteiger partial charge >= 0.3 is 0 Å². The maximum Gasteiger partial charge on any atom is 0.164 e. The van der Waals surface area contributed by atoms with E-state index in [0.717, 1.165) is 54.1 Å². The van der Waals surface area contributed by atoms with Crippen LogP contribution in [0, 0.1) is 18.8 Å². The predicted molar refractivity (Wildman–Crippen MR) is 118 cm³/mol. The van der Waals surface area contributed by atoms with Gasteiger partial charge in [0.2, 0.25) is 0 Å². The van der Waals surface area contributed by atoms with Crippen molar-refractivity contribution in [1.82, 2.24) is 35.0 Å². The van der Waals surface area contributed by atoms with E-state index in [9.17, 15) is 0 Å². The summed E-state index contributed by atoms with van der Waals surface area (Å²) in [6.07, 6.45) is 3.39. The number of nitrogens with one attached hydrogen (secondary N) is 2. The average molecular weight is 416 g/mol. The zero-order chi connectivity index (χ0) is 21.4. The number of nitrogens with two attached hydrogens (primary N) is 1. The topological polar surface area (TPSA) is 120 Å². The zero-order valence-electron chi connectivity index (χ0n) is 17.5. The van der Waals surface area contributed by atoms with E-state index < -0.39 is 0 Å². The first-order valence-electron chi connectivity index (χ1n) is 10.3. The summed E-state index contributed by atoms with van der Waals surface area (Å²) in [6, 6.07) is 6.48. The Morgan fingerprint density at radius 2 is 2.19 bits per heavy atom. The number of hydrogen-bond acceptors (Lipinski definition) is 7. The normalized spacial score (nSPS) is 18.5. The van der Waals surface area contributed by atoms with Crippen LogP contribution in [0.3, 0.4) is 0 Å². The molecule has 31 heavy (non-hydrogen) atoms. The number of ether oxygens (including phenoxy) is 1. The summed E-state index contributed by atoms with van der Waals surface area (Å²) < 4.78 is 7.15. The number of aryl methyl sites for hydroxylation is 1. The Balaban J connectivity index is 1.50. The monoisotopic (exact) mass is 416 g/mol. The highest BCUT2D eigenvalue weighted by atomic mass is 16.5. The minimum absolute atomic E-state index is 0.178. The lowest BCUT2D eigenvalue weighted by atomic mass is 10.1. The molecule has 1 aliphatic rings. The van der Waals surface area contributed by atoms with Crippen LogP contribution in [0.1, 0.15) is 36.0 Å². The lowest BCUT2D eigenvalue weighted by molar-refractivity contribution is 0.185. The number of imidazole rings is 1. The van der Waals surface area contributed by atoms with E-state index in [-0.39, 0.29) is 6.04 Å². The molecule has 1 aliphatic heterocycles. The summed E-state index contributed by atoms with van der Waals surface area (Å²) in [5.74, 6) is 7.65. The molecule has 0 aliphatic carbocycles. The maximum atomic E-state index is 6.19. The number of H-pyrrole nitrogens is 1. The molecule has 4 heterocycles. The highest BCUT2D eigenvalue weighted by molar-refractivity contribution is 5.90. The van der Waals surface area contributed by atoms with Gasteiger partial charge in [0, 0.05) is 31.9 Å². The fraction of sp³-hybridized carbons (Fsp3) is 0.364. The second kappa shape index (κ2) is 7.98. The summed E-state index contributed by atoms with van der Waals surface area (Å²) in [6.45, 7) is 3.48. The first-order chi connectivity index (χ1) is 15.1. The molecule has 0 spiro atoms. The number of anilines is 1. The third kappa shape index (κ3) is 3.71. The molecule has 0 amide bonds. The van der Waals surface area contributed by atoms with Crippen molar-refractivity contribution in [2.24, 2.45) is 0 Å². The van der Waals surface area contributed by atoms with Gasteiger partial charge in [-0.05, 0) is 43.9 Å². The van der Waals surface area contributed by atoms with Gasteiger partial charge in [-0.3, -0.25) is 0 Å². The van der Waals surface area contributed by atoms with Crippen molar-refractivity contribution in [2.75, 3.05) is 26.0 Å². The molecule has 9 heteroatoms. The number of aromatic nitrogens is 6. The van der Waals surface area contributed by atoms with Crippen molar-refractivity contribution in [2.45, 2.75) is 31.8 Å². The van der Waals surface area contributed by atoms with E-state index in [2.05, 4.69) is 37.1 Å². The Hall–Kier alpha value is -3.48. The molecular weight excluding hydrogens is 392 g/mol. The molecule has 0 radical (unpaired) electrons. The Morgan fingerprint density at radius 1 is 1.29 bits per heavy atom. The maximum absolute atomic E-state index is 6.19. The van der Waals surface area contributed by atoms with Crippen LogP contribution in [0.25, 0.3) is 22.1 Å². The first kappa shape index (κ1) is 19.5. The molecule has 158 valence electrons. The molecule has 1 fully saturated rings. The molecular formula is C22H24N8O. The Bertz CT molecular complexity index is 1310. The van der Waals surface area contributed by atoms with Gasteiger partial charge < -0.3 is 20.8 Å². The Labute approximate surface area is 179 Å². The van der Waals surface area contributed by atoms with E-state index in [4.69, 9.17) is 15.6 Å². The van der Waals surface area contributed by atoms with Crippen molar-refractivity contribution in [3.63, 3.8) is 0 Å². The molecule has 0 saturated carbocycles. The summed E-state index contributed by atoms with van der Waals surface area (Å²) >= 11 is 0. The van der Waals surface area contributed by atoms with E-state index in [0.29, 0.717) is 22.9 Å². The van der Waals surface area contributed by atoms with Crippen molar-refractivity contribution >= 4 is 27.9 Å². The fourth-order valence-corrected chi connectivity index (χ4v) is 4.14. The number of nitrogen functional groups attached to an aromatic ring is 1. The summed E-state index contributed by atoms with van der Waals surface area (Å²) in [5, 5.41) is 9.04. The second-order valence-electron chi connectivity index (χ2n) is 7.83. The Morgan fingerprint density at radius 3 is 3.06 bits per heavy atom. The number of aromatic amines is 1. The largest absolute Gasteiger partial charge is 0.385 e. The fourth-order valence-electron chi connectivity index (χ4n) is 4.14. The van der Waals surface area contributed by atoms with Gasteiger partial charge in [-0.25, -0.2) is 19.6 Å². The Kier molecular flexibility index (Phi) is 5.02. The van der Waals surface area contributed by atoms with E-state index in [1.54, 1.807) is 7.11 Å². The molecule has 5 rings (SSSR count). The minimum Gasteiger partial charge on any atom is -0.385 e. The third-order valence-corrected chi connectivity index (χ3v) is 5.66. The van der Waals surface area contributed by atoms with Gasteiger partial charge in [0.15, 0.2) is 5.65 Å². The van der Waals surface area contributed by atoms with Crippen LogP contribution >= 0.6 is 0 Å². The number of fused-ring (bicyclic) bond motifs is 2. The van der Waals surface area contributed by atoms with E-state index in [1.165, 1.54) is 6.33 Å². The standard InChI is InChI=1S/C22H24N8O/c1-13-27-17-5-3-14(9-19(17)28-13)4-6-18-20-21(23)25-12-26-22(20)30(29-18)16-10-15(24-11-16)7-8-31-2/h3,5,9,12,15-16,24H,7-8,10-11H2,1-2H3,(H,27,28)(H2,23,25,26)/t15-,16?/m0/s1. The van der Waals surface area contributed by atoms with Crippen molar-refractivity contribution in [3.8, 4) is 11.8 Å². The number of rotatable bonds is 4. The summed E-state index contributed by atoms with van der Waals surface area (Å²) in [7, 11) is 1.73. The smallest absolute Gasteiger partial charge is 0.164 e. The van der Waals surface area contributed by atoms with Crippen LogP contribution in [0.4, 0.5) is 5.82 Å². The van der Waals surface area contributed by atoms with E-state index >= 15 is 0 Å². The van der Waals surface area contributed by atoms with Gasteiger partial charge in [-0.2, -0.15) is 5.10 Å². The molecule has 3 aromatic heterocycles. The summed E-state index contributed by atoms with van der Waals surface area (Å²) in [4.78, 5) is 16.3. The summed E-state index contributed by atoms with van der Waals surface area (Å²) in [5.41, 5.74) is 10.2. The molecule has 2 atom stereocenters. The molecule has 9 nitrogen and oxygen atoms in total. The van der Waals surface area contributed by atoms with Crippen molar-refractivity contribution in [1.29, 1.82) is 0 Å². The van der Waals surface area contributed by atoms with Crippen LogP contribution in [-0.4, -0.2) is 56.0 Å². The first-order valence-corrected chi connectivity index (χ1v) is 10.3. The zero-order valence-corrected chi connectivity index (χ0v) is 17.5. The van der Waals surface area contributed by atoms with Crippen LogP contribution in [0.5, 0.6) is 0 Å². The molecule has 4 aromatic rings. The molecule has 1 aromatic carbocycles. The molecule has 1 unspecified atom stereocenters. The number of nitrogens with zero attached hydrogens (tertiary/aromatic N) is 5. The highest BCUT2D eigenvalue weighted by Gasteiger charge is 2.28. The molecule has 4 N–H and O–H groups in total. The second-order valence-corrected chi connectivity index (χ2v) is 7.83.